The number of non-ortho nitro benzene ring substituents is 1. The van der Waals surface area contributed by atoms with Crippen LogP contribution in [0.25, 0.3) is 0 Å². The average molecular weight is 434 g/mol. The summed E-state index contributed by atoms with van der Waals surface area (Å²) < 4.78 is 26.6. The molecule has 160 valence electrons. The van der Waals surface area contributed by atoms with Crippen LogP contribution in [0.2, 0.25) is 0 Å². The van der Waals surface area contributed by atoms with Crippen molar-refractivity contribution in [3.05, 3.63) is 70.3 Å². The highest BCUT2D eigenvalue weighted by Gasteiger charge is 2.17. The molecule has 0 radical (unpaired) electrons. The van der Waals surface area contributed by atoms with Crippen LogP contribution in [0.4, 0.5) is 5.69 Å². The summed E-state index contributed by atoms with van der Waals surface area (Å²) in [5.74, 6) is -0.495. The van der Waals surface area contributed by atoms with Gasteiger partial charge in [0.05, 0.1) is 9.82 Å². The molecule has 3 N–H and O–H groups in total. The third-order valence-corrected chi connectivity index (χ3v) is 5.44. The lowest BCUT2D eigenvalue weighted by atomic mass is 10.2. The molecule has 0 heterocycles. The van der Waals surface area contributed by atoms with Gasteiger partial charge in [0.1, 0.15) is 0 Å². The van der Waals surface area contributed by atoms with Crippen LogP contribution in [-0.4, -0.2) is 44.8 Å². The molecule has 2 rings (SSSR count). The molecule has 10 nitrogen and oxygen atoms in total. The van der Waals surface area contributed by atoms with Crippen LogP contribution >= 0.6 is 0 Å². The fourth-order valence-electron chi connectivity index (χ4n) is 2.47. The van der Waals surface area contributed by atoms with Crippen molar-refractivity contribution in [2.24, 2.45) is 0 Å². The van der Waals surface area contributed by atoms with Crippen LogP contribution in [0.5, 0.6) is 0 Å². The predicted molar refractivity (Wildman–Crippen MR) is 109 cm³/mol. The maximum atomic E-state index is 12.2. The number of carbonyl (C=O) groups is 2. The molecule has 2 aromatic carbocycles. The molecule has 2 aromatic rings. The van der Waals surface area contributed by atoms with Gasteiger partial charge in [-0.15, -0.1) is 0 Å². The van der Waals surface area contributed by atoms with Gasteiger partial charge in [0.25, 0.3) is 11.6 Å². The van der Waals surface area contributed by atoms with Gasteiger partial charge in [0.2, 0.25) is 15.9 Å². The highest BCUT2D eigenvalue weighted by molar-refractivity contribution is 7.89. The first kappa shape index (κ1) is 23.0. The summed E-state index contributed by atoms with van der Waals surface area (Å²) in [5, 5.41) is 16.0. The van der Waals surface area contributed by atoms with E-state index in [-0.39, 0.29) is 41.9 Å². The summed E-state index contributed by atoms with van der Waals surface area (Å²) >= 11 is 0. The van der Waals surface area contributed by atoms with Gasteiger partial charge >= 0.3 is 0 Å². The van der Waals surface area contributed by atoms with Crippen molar-refractivity contribution in [3.8, 4) is 0 Å². The Labute approximate surface area is 173 Å². The summed E-state index contributed by atoms with van der Waals surface area (Å²) in [6.45, 7) is 0.325. The number of hydrogen-bond acceptors (Lipinski definition) is 6. The maximum absolute atomic E-state index is 12.2. The van der Waals surface area contributed by atoms with E-state index >= 15 is 0 Å². The zero-order valence-electron chi connectivity index (χ0n) is 16.0. The van der Waals surface area contributed by atoms with Crippen molar-refractivity contribution < 1.29 is 22.9 Å². The topological polar surface area (TPSA) is 148 Å². The number of sulfonamides is 1. The van der Waals surface area contributed by atoms with E-state index in [2.05, 4.69) is 15.4 Å². The Hall–Kier alpha value is -3.31. The van der Waals surface area contributed by atoms with Gasteiger partial charge in [0, 0.05) is 43.8 Å². The number of nitro groups is 1. The van der Waals surface area contributed by atoms with Crippen LogP contribution in [0.15, 0.2) is 59.5 Å². The van der Waals surface area contributed by atoms with Crippen molar-refractivity contribution in [1.82, 2.24) is 15.4 Å². The molecule has 0 bridgehead atoms. The van der Waals surface area contributed by atoms with Gasteiger partial charge in [-0.25, -0.2) is 13.1 Å². The van der Waals surface area contributed by atoms with E-state index in [4.69, 9.17) is 0 Å². The van der Waals surface area contributed by atoms with Gasteiger partial charge < -0.3 is 10.6 Å². The van der Waals surface area contributed by atoms with Crippen molar-refractivity contribution in [2.75, 3.05) is 19.6 Å². The van der Waals surface area contributed by atoms with Gasteiger partial charge in [-0.05, 0) is 24.6 Å². The van der Waals surface area contributed by atoms with E-state index in [9.17, 15) is 28.1 Å². The SMILES string of the molecule is O=C(CCCNC(=O)c1ccccc1)NCCNS(=O)(=O)c1cccc([N+](=O)[O-])c1. The molecule has 0 aromatic heterocycles. The van der Waals surface area contributed by atoms with Crippen LogP contribution in [-0.2, 0) is 14.8 Å². The number of nitrogens with one attached hydrogen (secondary N) is 3. The Balaban J connectivity index is 1.65. The molecule has 0 fully saturated rings. The zero-order valence-corrected chi connectivity index (χ0v) is 16.9. The highest BCUT2D eigenvalue weighted by Crippen LogP contribution is 2.16. The van der Waals surface area contributed by atoms with Crippen molar-refractivity contribution in [1.29, 1.82) is 0 Å². The molecule has 0 saturated carbocycles. The van der Waals surface area contributed by atoms with E-state index in [0.29, 0.717) is 18.5 Å². The molecular formula is C19H22N4O6S. The maximum Gasteiger partial charge on any atom is 0.270 e. The second kappa shape index (κ2) is 11.0. The van der Waals surface area contributed by atoms with Crippen molar-refractivity contribution in [2.45, 2.75) is 17.7 Å². The molecule has 0 saturated heterocycles. The van der Waals surface area contributed by atoms with E-state index in [1.807, 2.05) is 6.07 Å². The Morgan fingerprint density at radius 2 is 1.67 bits per heavy atom. The number of hydrogen-bond donors (Lipinski definition) is 3. The number of nitrogens with zero attached hydrogens (tertiary/aromatic N) is 1. The first-order valence-electron chi connectivity index (χ1n) is 9.13. The predicted octanol–water partition coefficient (Wildman–Crippen LogP) is 1.20. The largest absolute Gasteiger partial charge is 0.355 e. The molecule has 0 spiro atoms. The van der Waals surface area contributed by atoms with Gasteiger partial charge in [-0.1, -0.05) is 24.3 Å². The monoisotopic (exact) mass is 434 g/mol. The molecule has 11 heteroatoms. The first-order valence-corrected chi connectivity index (χ1v) is 10.6. The van der Waals surface area contributed by atoms with E-state index < -0.39 is 14.9 Å². The third kappa shape index (κ3) is 7.26. The van der Waals surface area contributed by atoms with Crippen LogP contribution < -0.4 is 15.4 Å². The Bertz CT molecular complexity index is 995. The van der Waals surface area contributed by atoms with Gasteiger partial charge in [-0.3, -0.25) is 19.7 Å². The van der Waals surface area contributed by atoms with Crippen LogP contribution in [0.3, 0.4) is 0 Å². The van der Waals surface area contributed by atoms with E-state index in [1.165, 1.54) is 18.2 Å². The quantitative estimate of drug-likeness (QED) is 0.275. The van der Waals surface area contributed by atoms with Crippen molar-refractivity contribution >= 4 is 27.5 Å². The highest BCUT2D eigenvalue weighted by atomic mass is 32.2. The molecule has 2 amide bonds. The van der Waals surface area contributed by atoms with Gasteiger partial charge in [0.15, 0.2) is 0 Å². The number of nitro benzene ring substituents is 1. The Morgan fingerprint density at radius 1 is 0.933 bits per heavy atom. The molecule has 0 aliphatic carbocycles. The molecular weight excluding hydrogens is 412 g/mol. The number of amides is 2. The Morgan fingerprint density at radius 3 is 2.37 bits per heavy atom. The fraction of sp³-hybridized carbons (Fsp3) is 0.263. The third-order valence-electron chi connectivity index (χ3n) is 3.98. The molecule has 30 heavy (non-hydrogen) atoms. The summed E-state index contributed by atoms with van der Waals surface area (Å²) in [6.07, 6.45) is 0.608. The van der Waals surface area contributed by atoms with Crippen LogP contribution in [0, 0.1) is 10.1 Å². The lowest BCUT2D eigenvalue weighted by Gasteiger charge is -2.08. The molecule has 0 atom stereocenters. The second-order valence-corrected chi connectivity index (χ2v) is 7.99. The molecule has 0 aliphatic heterocycles. The van der Waals surface area contributed by atoms with Gasteiger partial charge in [-0.2, -0.15) is 0 Å². The standard InChI is InChI=1S/C19H22N4O6S/c24-18(10-5-11-21-19(25)15-6-2-1-3-7-15)20-12-13-22-30(28,29)17-9-4-8-16(14-17)23(26)27/h1-4,6-9,14,22H,5,10-13H2,(H,20,24)(H,21,25). The zero-order chi connectivity index (χ0) is 22.0. The number of carbonyl (C=O) groups excluding carboxylic acids is 2. The van der Waals surface area contributed by atoms with Crippen LogP contribution in [0.1, 0.15) is 23.2 Å². The summed E-state index contributed by atoms with van der Waals surface area (Å²) in [4.78, 5) is 33.5. The normalized spacial score (nSPS) is 10.9. The lowest BCUT2D eigenvalue weighted by molar-refractivity contribution is -0.385. The Kier molecular flexibility index (Phi) is 8.44. The molecule has 0 aliphatic rings. The average Bonchev–Trinajstić information content (AvgIpc) is 2.75. The fourth-order valence-corrected chi connectivity index (χ4v) is 3.54. The second-order valence-electron chi connectivity index (χ2n) is 6.23. The van der Waals surface area contributed by atoms with Crippen molar-refractivity contribution in [3.63, 3.8) is 0 Å². The van der Waals surface area contributed by atoms with E-state index in [1.54, 1.807) is 24.3 Å². The number of benzene rings is 2. The molecule has 0 unspecified atom stereocenters. The lowest BCUT2D eigenvalue weighted by Crippen LogP contribution is -2.35. The minimum absolute atomic E-state index is 0.0589. The summed E-state index contributed by atoms with van der Waals surface area (Å²) in [6, 6.07) is 13.4. The smallest absolute Gasteiger partial charge is 0.270 e. The first-order chi connectivity index (χ1) is 14.3. The minimum atomic E-state index is -3.92. The van der Waals surface area contributed by atoms with E-state index in [0.717, 1.165) is 6.07 Å². The summed E-state index contributed by atoms with van der Waals surface area (Å²) in [7, 11) is -3.92. The number of rotatable bonds is 11. The minimum Gasteiger partial charge on any atom is -0.355 e. The summed E-state index contributed by atoms with van der Waals surface area (Å²) in [5.41, 5.74) is 0.212.